The van der Waals surface area contributed by atoms with Crippen LogP contribution in [0.4, 0.5) is 0 Å². The molecule has 0 aliphatic carbocycles. The summed E-state index contributed by atoms with van der Waals surface area (Å²) in [6, 6.07) is 14.3. The van der Waals surface area contributed by atoms with Crippen molar-refractivity contribution < 1.29 is 8.42 Å². The molecule has 4 heterocycles. The van der Waals surface area contributed by atoms with Gasteiger partial charge in [-0.15, -0.1) is 5.10 Å². The number of rotatable bonds is 2. The minimum atomic E-state index is -3.94. The van der Waals surface area contributed by atoms with Crippen LogP contribution in [0.2, 0.25) is 0 Å². The van der Waals surface area contributed by atoms with Crippen LogP contribution in [0.15, 0.2) is 75.4 Å². The summed E-state index contributed by atoms with van der Waals surface area (Å²) in [5, 5.41) is 11.4. The molecule has 0 atom stereocenters. The molecule has 0 unspecified atom stereocenters. The SMILES string of the molecule is O=c1c2cc(S(=O)(=O)c3ccccc3)c3nnnn3c2nc2ccccn12. The van der Waals surface area contributed by atoms with E-state index in [-0.39, 0.29) is 26.5 Å². The first-order valence-corrected chi connectivity index (χ1v) is 9.38. The van der Waals surface area contributed by atoms with Gasteiger partial charge >= 0.3 is 0 Å². The van der Waals surface area contributed by atoms with E-state index in [1.165, 1.54) is 27.1 Å². The second-order valence-electron chi connectivity index (χ2n) is 5.82. The first-order chi connectivity index (χ1) is 13.1. The van der Waals surface area contributed by atoms with Crippen LogP contribution in [0.25, 0.3) is 22.3 Å². The zero-order valence-electron chi connectivity index (χ0n) is 13.6. The van der Waals surface area contributed by atoms with Crippen LogP contribution in [0.1, 0.15) is 0 Å². The van der Waals surface area contributed by atoms with Gasteiger partial charge in [-0.25, -0.2) is 13.4 Å². The van der Waals surface area contributed by atoms with Gasteiger partial charge in [0.1, 0.15) is 10.5 Å². The Morgan fingerprint density at radius 3 is 2.52 bits per heavy atom. The number of benzene rings is 1. The Kier molecular flexibility index (Phi) is 3.13. The van der Waals surface area contributed by atoms with E-state index < -0.39 is 15.4 Å². The lowest BCUT2D eigenvalue weighted by Gasteiger charge is -2.08. The fourth-order valence-electron chi connectivity index (χ4n) is 2.98. The maximum absolute atomic E-state index is 13.1. The third-order valence-corrected chi connectivity index (χ3v) is 6.03. The van der Waals surface area contributed by atoms with Gasteiger partial charge < -0.3 is 0 Å². The second-order valence-corrected chi connectivity index (χ2v) is 7.74. The van der Waals surface area contributed by atoms with Crippen molar-refractivity contribution in [2.24, 2.45) is 0 Å². The zero-order chi connectivity index (χ0) is 18.6. The Bertz CT molecular complexity index is 1510. The molecule has 0 saturated heterocycles. The molecule has 132 valence electrons. The van der Waals surface area contributed by atoms with E-state index in [2.05, 4.69) is 20.5 Å². The van der Waals surface area contributed by atoms with Crippen molar-refractivity contribution >= 4 is 32.2 Å². The molecule has 1 aromatic carbocycles. The maximum Gasteiger partial charge on any atom is 0.267 e. The van der Waals surface area contributed by atoms with E-state index in [9.17, 15) is 13.2 Å². The van der Waals surface area contributed by atoms with Crippen molar-refractivity contribution in [1.29, 1.82) is 0 Å². The number of nitrogens with zero attached hydrogens (tertiary/aromatic N) is 6. The topological polar surface area (TPSA) is 112 Å². The van der Waals surface area contributed by atoms with Gasteiger partial charge in [0.25, 0.3) is 5.56 Å². The standard InChI is InChI=1S/C17H10N6O3S/c24-17-12-10-13(27(25,26)11-6-2-1-3-7-11)16-19-20-21-23(16)15(12)18-14-8-4-5-9-22(14)17/h1-10H. The van der Waals surface area contributed by atoms with Crippen LogP contribution >= 0.6 is 0 Å². The Balaban J connectivity index is 1.97. The predicted octanol–water partition coefficient (Wildman–Crippen LogP) is 1.12. The lowest BCUT2D eigenvalue weighted by Crippen LogP contribution is -2.18. The largest absolute Gasteiger partial charge is 0.268 e. The summed E-state index contributed by atoms with van der Waals surface area (Å²) >= 11 is 0. The molecule has 0 bridgehead atoms. The van der Waals surface area contributed by atoms with Crippen molar-refractivity contribution in [3.05, 3.63) is 71.1 Å². The molecule has 4 aromatic heterocycles. The van der Waals surface area contributed by atoms with Gasteiger partial charge in [-0.2, -0.15) is 4.52 Å². The number of hydrogen-bond donors (Lipinski definition) is 0. The van der Waals surface area contributed by atoms with E-state index in [0.29, 0.717) is 5.65 Å². The highest BCUT2D eigenvalue weighted by Crippen LogP contribution is 2.26. The Morgan fingerprint density at radius 1 is 0.926 bits per heavy atom. The van der Waals surface area contributed by atoms with Gasteiger partial charge in [-0.3, -0.25) is 9.20 Å². The molecule has 0 fully saturated rings. The van der Waals surface area contributed by atoms with Crippen LogP contribution in [-0.4, -0.2) is 37.8 Å². The molecule has 27 heavy (non-hydrogen) atoms. The summed E-state index contributed by atoms with van der Waals surface area (Å²) in [7, 11) is -3.94. The smallest absolute Gasteiger partial charge is 0.267 e. The first-order valence-electron chi connectivity index (χ1n) is 7.90. The highest BCUT2D eigenvalue weighted by atomic mass is 32.2. The number of sulfone groups is 1. The number of pyridine rings is 2. The van der Waals surface area contributed by atoms with E-state index in [4.69, 9.17) is 0 Å². The molecule has 9 nitrogen and oxygen atoms in total. The normalized spacial score (nSPS) is 12.1. The van der Waals surface area contributed by atoms with Gasteiger partial charge in [0, 0.05) is 6.20 Å². The quantitative estimate of drug-likeness (QED) is 0.423. The van der Waals surface area contributed by atoms with Crippen molar-refractivity contribution in [2.45, 2.75) is 9.79 Å². The highest BCUT2D eigenvalue weighted by Gasteiger charge is 2.25. The summed E-state index contributed by atoms with van der Waals surface area (Å²) in [6.45, 7) is 0. The molecule has 0 spiro atoms. The van der Waals surface area contributed by atoms with Gasteiger partial charge in [-0.05, 0) is 40.8 Å². The van der Waals surface area contributed by atoms with Gasteiger partial charge in [0.05, 0.1) is 10.3 Å². The number of aromatic nitrogens is 6. The third kappa shape index (κ3) is 2.16. The zero-order valence-corrected chi connectivity index (χ0v) is 14.4. The second kappa shape index (κ2) is 5.42. The van der Waals surface area contributed by atoms with Crippen molar-refractivity contribution in [2.75, 3.05) is 0 Å². The molecule has 0 amide bonds. The number of fused-ring (bicyclic) bond motifs is 4. The Labute approximate surface area is 151 Å². The minimum absolute atomic E-state index is 0.0125. The molecule has 0 aliphatic rings. The van der Waals surface area contributed by atoms with Crippen LogP contribution in [-0.2, 0) is 9.84 Å². The average molecular weight is 378 g/mol. The summed E-state index contributed by atoms with van der Waals surface area (Å²) < 4.78 is 28.8. The van der Waals surface area contributed by atoms with Crippen LogP contribution in [0, 0.1) is 0 Å². The molecule has 5 aromatic rings. The summed E-state index contributed by atoms with van der Waals surface area (Å²) in [5.41, 5.74) is 0.208. The molecule has 0 saturated carbocycles. The molecule has 5 rings (SSSR count). The van der Waals surface area contributed by atoms with Gasteiger partial charge in [0.15, 0.2) is 5.65 Å². The summed E-state index contributed by atoms with van der Waals surface area (Å²) in [5.74, 6) is 0. The van der Waals surface area contributed by atoms with Crippen LogP contribution < -0.4 is 5.56 Å². The summed E-state index contributed by atoms with van der Waals surface area (Å²) in [4.78, 5) is 17.3. The summed E-state index contributed by atoms with van der Waals surface area (Å²) in [6.07, 6.45) is 1.57. The highest BCUT2D eigenvalue weighted by molar-refractivity contribution is 7.91. The number of tetrazole rings is 1. The van der Waals surface area contributed by atoms with Crippen molar-refractivity contribution in [3.63, 3.8) is 0 Å². The maximum atomic E-state index is 13.1. The lowest BCUT2D eigenvalue weighted by atomic mass is 10.3. The van der Waals surface area contributed by atoms with E-state index in [1.54, 1.807) is 42.6 Å². The fraction of sp³-hybridized carbons (Fsp3) is 0. The molecule has 0 aliphatic heterocycles. The van der Waals surface area contributed by atoms with E-state index >= 15 is 0 Å². The average Bonchev–Trinajstić information content (AvgIpc) is 3.18. The van der Waals surface area contributed by atoms with Crippen LogP contribution in [0.5, 0.6) is 0 Å². The van der Waals surface area contributed by atoms with E-state index in [0.717, 1.165) is 0 Å². The molecule has 0 N–H and O–H groups in total. The third-order valence-electron chi connectivity index (χ3n) is 4.26. The van der Waals surface area contributed by atoms with Gasteiger partial charge in [0.2, 0.25) is 15.5 Å². The molecule has 10 heteroatoms. The van der Waals surface area contributed by atoms with Crippen LogP contribution in [0.3, 0.4) is 0 Å². The van der Waals surface area contributed by atoms with E-state index in [1.807, 2.05) is 0 Å². The lowest BCUT2D eigenvalue weighted by molar-refractivity contribution is 0.596. The number of hydrogen-bond acceptors (Lipinski definition) is 7. The fourth-order valence-corrected chi connectivity index (χ4v) is 4.39. The monoisotopic (exact) mass is 378 g/mol. The molecule has 0 radical (unpaired) electrons. The Morgan fingerprint density at radius 2 is 1.70 bits per heavy atom. The minimum Gasteiger partial charge on any atom is -0.268 e. The van der Waals surface area contributed by atoms with Crippen molar-refractivity contribution in [1.82, 2.24) is 29.4 Å². The molecular weight excluding hydrogens is 368 g/mol. The molecular formula is C17H10N6O3S. The van der Waals surface area contributed by atoms with Crippen molar-refractivity contribution in [3.8, 4) is 0 Å². The predicted molar refractivity (Wildman–Crippen MR) is 95.2 cm³/mol. The first kappa shape index (κ1) is 15.6. The van der Waals surface area contributed by atoms with Gasteiger partial charge in [-0.1, -0.05) is 24.3 Å². The Hall–Kier alpha value is -3.66.